The van der Waals surface area contributed by atoms with Gasteiger partial charge in [0.25, 0.3) is 5.56 Å². The number of ether oxygens (including phenoxy) is 1. The number of H-pyrrole nitrogens is 1. The monoisotopic (exact) mass is 325 g/mol. The van der Waals surface area contributed by atoms with Crippen molar-refractivity contribution in [3.05, 3.63) is 57.1 Å². The van der Waals surface area contributed by atoms with E-state index in [4.69, 9.17) is 4.74 Å². The van der Waals surface area contributed by atoms with Gasteiger partial charge in [-0.25, -0.2) is 14.3 Å². The molecule has 0 unspecified atom stereocenters. The Kier molecular flexibility index (Phi) is 3.97. The number of nitrogens with one attached hydrogen (secondary N) is 1. The van der Waals surface area contributed by atoms with Gasteiger partial charge in [-0.2, -0.15) is 0 Å². The van der Waals surface area contributed by atoms with E-state index in [1.165, 1.54) is 10.6 Å². The van der Waals surface area contributed by atoms with Crippen molar-refractivity contribution >= 4 is 11.6 Å². The fourth-order valence-electron chi connectivity index (χ4n) is 2.97. The first-order valence-corrected chi connectivity index (χ1v) is 7.80. The number of rotatable bonds is 3. The Morgan fingerprint density at radius 2 is 1.88 bits per heavy atom. The molecule has 2 heterocycles. The number of carbonyl (C=O) groups is 1. The van der Waals surface area contributed by atoms with Gasteiger partial charge < -0.3 is 4.74 Å². The average molecular weight is 325 g/mol. The fraction of sp³-hybridized carbons (Fsp3) is 0.278. The Labute approximate surface area is 139 Å². The highest BCUT2D eigenvalue weighted by atomic mass is 16.5. The summed E-state index contributed by atoms with van der Waals surface area (Å²) in [4.78, 5) is 28.7. The third kappa shape index (κ3) is 2.50. The van der Waals surface area contributed by atoms with Crippen LogP contribution in [0.15, 0.2) is 29.1 Å². The van der Waals surface area contributed by atoms with Crippen LogP contribution in [0.25, 0.3) is 16.8 Å². The molecule has 0 amide bonds. The standard InChI is InChI=1S/C18H19N3O3/c1-5-24-18(23)13-9-14(22)21-17(19-13)16(12(4)20-21)15-10(2)7-6-8-11(15)3/h6-9,20H,5H2,1-4H3. The lowest BCUT2D eigenvalue weighted by Gasteiger charge is -2.09. The summed E-state index contributed by atoms with van der Waals surface area (Å²) < 4.78 is 6.33. The Bertz CT molecular complexity index is 978. The number of fused-ring (bicyclic) bond motifs is 1. The lowest BCUT2D eigenvalue weighted by molar-refractivity contribution is 0.0519. The number of hydrogen-bond acceptors (Lipinski definition) is 4. The van der Waals surface area contributed by atoms with Crippen molar-refractivity contribution in [2.24, 2.45) is 0 Å². The van der Waals surface area contributed by atoms with Crippen LogP contribution in [0.4, 0.5) is 0 Å². The van der Waals surface area contributed by atoms with Crippen molar-refractivity contribution in [2.45, 2.75) is 27.7 Å². The molecule has 1 aromatic carbocycles. The predicted octanol–water partition coefficient (Wildman–Crippen LogP) is 2.79. The van der Waals surface area contributed by atoms with Crippen LogP contribution in [0.5, 0.6) is 0 Å². The second-order valence-electron chi connectivity index (χ2n) is 5.74. The zero-order valence-corrected chi connectivity index (χ0v) is 14.1. The minimum atomic E-state index is -0.594. The van der Waals surface area contributed by atoms with E-state index in [1.807, 2.05) is 39.0 Å². The predicted molar refractivity (Wildman–Crippen MR) is 91.4 cm³/mol. The van der Waals surface area contributed by atoms with E-state index in [2.05, 4.69) is 10.1 Å². The van der Waals surface area contributed by atoms with E-state index >= 15 is 0 Å². The van der Waals surface area contributed by atoms with Gasteiger partial charge in [-0.1, -0.05) is 18.2 Å². The van der Waals surface area contributed by atoms with Crippen LogP contribution in [0.2, 0.25) is 0 Å². The van der Waals surface area contributed by atoms with E-state index in [0.29, 0.717) is 5.65 Å². The Balaban J connectivity index is 2.35. The highest BCUT2D eigenvalue weighted by Crippen LogP contribution is 2.32. The van der Waals surface area contributed by atoms with Crippen molar-refractivity contribution in [1.82, 2.24) is 14.6 Å². The number of nitrogens with zero attached hydrogens (tertiary/aromatic N) is 2. The van der Waals surface area contributed by atoms with Crippen molar-refractivity contribution in [2.75, 3.05) is 6.61 Å². The first-order chi connectivity index (χ1) is 11.4. The Morgan fingerprint density at radius 1 is 1.21 bits per heavy atom. The van der Waals surface area contributed by atoms with Gasteiger partial charge in [-0.15, -0.1) is 0 Å². The number of hydrogen-bond donors (Lipinski definition) is 1. The molecule has 3 aromatic rings. The van der Waals surface area contributed by atoms with Gasteiger partial charge in [0.05, 0.1) is 6.61 Å². The highest BCUT2D eigenvalue weighted by Gasteiger charge is 2.20. The molecule has 0 spiro atoms. The van der Waals surface area contributed by atoms with Gasteiger partial charge in [0.15, 0.2) is 11.3 Å². The molecule has 3 rings (SSSR count). The topological polar surface area (TPSA) is 76.5 Å². The fourth-order valence-corrected chi connectivity index (χ4v) is 2.97. The summed E-state index contributed by atoms with van der Waals surface area (Å²) in [6, 6.07) is 7.20. The molecule has 0 aliphatic heterocycles. The summed E-state index contributed by atoms with van der Waals surface area (Å²) in [7, 11) is 0. The van der Waals surface area contributed by atoms with E-state index in [1.54, 1.807) is 6.92 Å². The van der Waals surface area contributed by atoms with Crippen LogP contribution in [0, 0.1) is 20.8 Å². The maximum Gasteiger partial charge on any atom is 0.357 e. The number of benzene rings is 1. The molecule has 0 atom stereocenters. The second kappa shape index (κ2) is 5.96. The molecule has 6 nitrogen and oxygen atoms in total. The summed E-state index contributed by atoms with van der Waals surface area (Å²) in [6.07, 6.45) is 0. The molecule has 0 aliphatic carbocycles. The number of aromatic amines is 1. The largest absolute Gasteiger partial charge is 0.461 e. The number of esters is 1. The molecule has 24 heavy (non-hydrogen) atoms. The van der Waals surface area contributed by atoms with Crippen molar-refractivity contribution in [3.8, 4) is 11.1 Å². The Hall–Kier alpha value is -2.89. The molecule has 124 valence electrons. The van der Waals surface area contributed by atoms with E-state index in [0.717, 1.165) is 27.9 Å². The second-order valence-corrected chi connectivity index (χ2v) is 5.74. The zero-order chi connectivity index (χ0) is 17.4. The lowest BCUT2D eigenvalue weighted by atomic mass is 9.96. The molecular weight excluding hydrogens is 306 g/mol. The van der Waals surface area contributed by atoms with Crippen molar-refractivity contribution in [3.63, 3.8) is 0 Å². The van der Waals surface area contributed by atoms with Crippen molar-refractivity contribution in [1.29, 1.82) is 0 Å². The summed E-state index contributed by atoms with van der Waals surface area (Å²) in [5.74, 6) is -0.594. The van der Waals surface area contributed by atoms with Crippen LogP contribution in [-0.2, 0) is 4.74 Å². The average Bonchev–Trinajstić information content (AvgIpc) is 2.85. The molecule has 6 heteroatoms. The summed E-state index contributed by atoms with van der Waals surface area (Å²) in [5.41, 5.74) is 4.93. The molecular formula is C18H19N3O3. The van der Waals surface area contributed by atoms with Gasteiger partial charge in [0, 0.05) is 17.3 Å². The van der Waals surface area contributed by atoms with Gasteiger partial charge in [0.2, 0.25) is 0 Å². The lowest BCUT2D eigenvalue weighted by Crippen LogP contribution is -2.19. The minimum Gasteiger partial charge on any atom is -0.461 e. The van der Waals surface area contributed by atoms with Crippen LogP contribution in [0.3, 0.4) is 0 Å². The molecule has 0 saturated heterocycles. The first kappa shape index (κ1) is 16.0. The maximum absolute atomic E-state index is 12.4. The normalized spacial score (nSPS) is 11.0. The van der Waals surface area contributed by atoms with Crippen LogP contribution < -0.4 is 5.56 Å². The molecule has 1 N–H and O–H groups in total. The smallest absolute Gasteiger partial charge is 0.357 e. The van der Waals surface area contributed by atoms with Gasteiger partial charge in [-0.3, -0.25) is 9.89 Å². The van der Waals surface area contributed by atoms with Crippen LogP contribution >= 0.6 is 0 Å². The molecule has 2 aromatic heterocycles. The molecule has 0 radical (unpaired) electrons. The summed E-state index contributed by atoms with van der Waals surface area (Å²) >= 11 is 0. The third-order valence-corrected chi connectivity index (χ3v) is 4.01. The number of aromatic nitrogens is 3. The molecule has 0 bridgehead atoms. The molecule has 0 fully saturated rings. The van der Waals surface area contributed by atoms with Gasteiger partial charge in [0.1, 0.15) is 0 Å². The van der Waals surface area contributed by atoms with E-state index < -0.39 is 5.97 Å². The molecule has 0 aliphatic rings. The Morgan fingerprint density at radius 3 is 2.50 bits per heavy atom. The van der Waals surface area contributed by atoms with Gasteiger partial charge in [-0.05, 0) is 44.4 Å². The number of carbonyl (C=O) groups excluding carboxylic acids is 1. The SMILES string of the molecule is CCOC(=O)c1cc(=O)n2[nH]c(C)c(-c3c(C)cccc3C)c2n1. The summed E-state index contributed by atoms with van der Waals surface area (Å²) in [6.45, 7) is 7.86. The molecule has 0 saturated carbocycles. The first-order valence-electron chi connectivity index (χ1n) is 7.80. The highest BCUT2D eigenvalue weighted by molar-refractivity contribution is 5.90. The number of aryl methyl sites for hydroxylation is 3. The summed E-state index contributed by atoms with van der Waals surface area (Å²) in [5, 5.41) is 3.04. The third-order valence-electron chi connectivity index (χ3n) is 4.01. The van der Waals surface area contributed by atoms with Crippen LogP contribution in [0.1, 0.15) is 34.2 Å². The minimum absolute atomic E-state index is 0.0216. The van der Waals surface area contributed by atoms with E-state index in [9.17, 15) is 9.59 Å². The zero-order valence-electron chi connectivity index (χ0n) is 14.1. The van der Waals surface area contributed by atoms with Crippen LogP contribution in [-0.4, -0.2) is 27.2 Å². The quantitative estimate of drug-likeness (QED) is 0.751. The van der Waals surface area contributed by atoms with E-state index in [-0.39, 0.29) is 17.9 Å². The maximum atomic E-state index is 12.4. The van der Waals surface area contributed by atoms with Crippen molar-refractivity contribution < 1.29 is 9.53 Å². The van der Waals surface area contributed by atoms with Gasteiger partial charge >= 0.3 is 5.97 Å².